The van der Waals surface area contributed by atoms with E-state index in [2.05, 4.69) is 27.0 Å². The lowest BCUT2D eigenvalue weighted by Gasteiger charge is -2.33. The number of ether oxygens (including phenoxy) is 1. The number of benzene rings is 2. The van der Waals surface area contributed by atoms with Crippen LogP contribution in [0.3, 0.4) is 0 Å². The van der Waals surface area contributed by atoms with E-state index in [1.165, 1.54) is 25.3 Å². The summed E-state index contributed by atoms with van der Waals surface area (Å²) in [6.45, 7) is 10.5. The van der Waals surface area contributed by atoms with Gasteiger partial charge in [0.2, 0.25) is 0 Å². The summed E-state index contributed by atoms with van der Waals surface area (Å²) in [6, 6.07) is 13.9. The van der Waals surface area contributed by atoms with Crippen molar-refractivity contribution in [1.82, 2.24) is 24.3 Å². The van der Waals surface area contributed by atoms with Crippen molar-refractivity contribution in [3.63, 3.8) is 0 Å². The van der Waals surface area contributed by atoms with Gasteiger partial charge in [-0.2, -0.15) is 0 Å². The molecule has 2 aliphatic heterocycles. The highest BCUT2D eigenvalue weighted by Gasteiger charge is 2.57. The molecule has 4 aliphatic rings. The minimum atomic E-state index is -0.616. The zero-order chi connectivity index (χ0) is 40.8. The molecule has 1 atom stereocenters. The number of aliphatic carboxylic acids is 1. The molecule has 2 bridgehead atoms. The minimum Gasteiger partial charge on any atom is -0.496 e. The molecule has 3 fully saturated rings. The Morgan fingerprint density at radius 1 is 1.05 bits per heavy atom. The molecule has 4 heterocycles. The molecule has 0 spiro atoms. The second-order valence-electron chi connectivity index (χ2n) is 17.6. The maximum Gasteiger partial charge on any atom is 0.309 e. The van der Waals surface area contributed by atoms with Crippen molar-refractivity contribution in [3.8, 4) is 16.9 Å². The molecule has 0 unspecified atom stereocenters. The lowest BCUT2D eigenvalue weighted by molar-refractivity contribution is -0.148. The van der Waals surface area contributed by atoms with Crippen LogP contribution in [0.2, 0.25) is 0 Å². The van der Waals surface area contributed by atoms with E-state index >= 15 is 4.39 Å². The Balaban J connectivity index is 0.949. The van der Waals surface area contributed by atoms with E-state index in [1.807, 2.05) is 61.9 Å². The number of likely N-dealkylation sites (tertiary alicyclic amines) is 1. The summed E-state index contributed by atoms with van der Waals surface area (Å²) >= 11 is 0. The van der Waals surface area contributed by atoms with Crippen LogP contribution in [0.5, 0.6) is 5.75 Å². The van der Waals surface area contributed by atoms with Crippen LogP contribution in [0, 0.1) is 24.7 Å². The van der Waals surface area contributed by atoms with Crippen molar-refractivity contribution < 1.29 is 23.8 Å². The van der Waals surface area contributed by atoms with Gasteiger partial charge in [0.1, 0.15) is 17.3 Å². The lowest BCUT2D eigenvalue weighted by atomic mass is 9.80. The number of anilines is 1. The normalized spacial score (nSPS) is 23.6. The van der Waals surface area contributed by atoms with Gasteiger partial charge in [0, 0.05) is 68.4 Å². The average molecular weight is 789 g/mol. The number of carboxylic acids is 1. The molecule has 1 amide bonds. The number of aromatic nitrogens is 3. The zero-order valence-electron chi connectivity index (χ0n) is 34.7. The summed E-state index contributed by atoms with van der Waals surface area (Å²) in [6.07, 6.45) is 13.1. The van der Waals surface area contributed by atoms with Crippen LogP contribution in [-0.2, 0) is 31.4 Å². The number of pyridine rings is 1. The first-order valence-electron chi connectivity index (χ1n) is 21.0. The third-order valence-electron chi connectivity index (χ3n) is 14.2. The van der Waals surface area contributed by atoms with Crippen molar-refractivity contribution in [2.75, 3.05) is 32.1 Å². The van der Waals surface area contributed by atoms with Gasteiger partial charge in [0.25, 0.3) is 5.91 Å². The predicted molar refractivity (Wildman–Crippen MR) is 225 cm³/mol. The number of hydrogen-bond donors (Lipinski definition) is 2. The molecule has 2 aromatic heterocycles. The number of carbonyl (C=O) groups excluding carboxylic acids is 1. The quantitative estimate of drug-likeness (QED) is 0.146. The molecule has 10 nitrogen and oxygen atoms in total. The molecule has 2 aliphatic carbocycles. The molecule has 2 aromatic carbocycles. The standard InChI is InChI=1S/C47H57FN6O4/c1-30-10-6-7-21-54(30)27-34-26-49-39(25-42(34)58-5)37(48)24-33-11-8-12-35(31(33)2)36-13-9-14-38(32(36)3)51-44(55)43-50-40-28-53(22-15-41(40)52(43)4)23-20-46-16-18-47(29-46,19-17-46)45(56)57/h8-9,11-14,24-26,30H,6-7,10,15-23,27-29H2,1-5H3,(H,51,55)(H,56,57)/b37-24-/t30-,46?,47?/m1/s1. The summed E-state index contributed by atoms with van der Waals surface area (Å²) in [5.41, 5.74) is 8.00. The second kappa shape index (κ2) is 16.1. The highest BCUT2D eigenvalue weighted by Crippen LogP contribution is 2.63. The number of hydrogen-bond acceptors (Lipinski definition) is 7. The number of nitrogens with zero attached hydrogens (tertiary/aromatic N) is 5. The fourth-order valence-corrected chi connectivity index (χ4v) is 10.4. The number of carboxylic acid groups (broad SMARTS) is 1. The van der Waals surface area contributed by atoms with Crippen molar-refractivity contribution in [2.45, 2.75) is 104 Å². The van der Waals surface area contributed by atoms with Gasteiger partial charge >= 0.3 is 5.97 Å². The molecule has 1 saturated heterocycles. The lowest BCUT2D eigenvalue weighted by Crippen LogP contribution is -2.36. The van der Waals surface area contributed by atoms with E-state index in [1.54, 1.807) is 19.4 Å². The summed E-state index contributed by atoms with van der Waals surface area (Å²) in [5, 5.41) is 13.0. The number of carbonyl (C=O) groups is 2. The second-order valence-corrected chi connectivity index (χ2v) is 17.6. The highest BCUT2D eigenvalue weighted by atomic mass is 19.1. The summed E-state index contributed by atoms with van der Waals surface area (Å²) in [5.74, 6) is -0.303. The molecule has 0 radical (unpaired) electrons. The average Bonchev–Trinajstić information content (AvgIpc) is 3.91. The van der Waals surface area contributed by atoms with Crippen LogP contribution >= 0.6 is 0 Å². The number of piperidine rings is 1. The molecule has 306 valence electrons. The van der Waals surface area contributed by atoms with Crippen molar-refractivity contribution in [3.05, 3.63) is 93.8 Å². The largest absolute Gasteiger partial charge is 0.496 e. The van der Waals surface area contributed by atoms with E-state index in [4.69, 9.17) is 9.72 Å². The van der Waals surface area contributed by atoms with Crippen molar-refractivity contribution in [1.29, 1.82) is 0 Å². The SMILES string of the molecule is COc1cc(/C(F)=C/c2cccc(-c3cccc(NC(=O)c4nc5c(n4C)CCN(CCC46CCC(C(=O)O)(CC4)C6)C5)c3C)c2C)ncc1CN1CCCC[C@H]1C. The molecule has 8 rings (SSSR count). The third-order valence-corrected chi connectivity index (χ3v) is 14.2. The molecule has 2 saturated carbocycles. The third kappa shape index (κ3) is 7.59. The minimum absolute atomic E-state index is 0.150. The Bertz CT molecular complexity index is 2260. The van der Waals surface area contributed by atoms with E-state index < -0.39 is 17.2 Å². The molecule has 4 aromatic rings. The number of methoxy groups -OCH3 is 1. The maximum atomic E-state index is 15.9. The van der Waals surface area contributed by atoms with Gasteiger partial charge in [-0.15, -0.1) is 0 Å². The van der Waals surface area contributed by atoms with Crippen LogP contribution < -0.4 is 10.1 Å². The fourth-order valence-electron chi connectivity index (χ4n) is 10.4. The Kier molecular flexibility index (Phi) is 11.1. The summed E-state index contributed by atoms with van der Waals surface area (Å²) < 4.78 is 23.6. The van der Waals surface area contributed by atoms with E-state index in [9.17, 15) is 14.7 Å². The fraction of sp³-hybridized carbons (Fsp3) is 0.489. The number of nitrogens with one attached hydrogen (secondary N) is 1. The zero-order valence-corrected chi connectivity index (χ0v) is 34.7. The van der Waals surface area contributed by atoms with E-state index in [0.717, 1.165) is 116 Å². The Morgan fingerprint density at radius 3 is 2.53 bits per heavy atom. The number of fused-ring (bicyclic) bond motifs is 3. The van der Waals surface area contributed by atoms with Crippen LogP contribution in [0.15, 0.2) is 48.7 Å². The van der Waals surface area contributed by atoms with Gasteiger partial charge in [0.15, 0.2) is 5.82 Å². The summed E-state index contributed by atoms with van der Waals surface area (Å²) in [7, 11) is 3.54. The highest BCUT2D eigenvalue weighted by molar-refractivity contribution is 6.03. The first-order chi connectivity index (χ1) is 27.9. The van der Waals surface area contributed by atoms with Gasteiger partial charge < -0.3 is 19.7 Å². The smallest absolute Gasteiger partial charge is 0.309 e. The number of halogens is 1. The van der Waals surface area contributed by atoms with Crippen LogP contribution in [-0.4, -0.2) is 74.1 Å². The first kappa shape index (κ1) is 39.9. The topological polar surface area (TPSA) is 113 Å². The molecular formula is C47H57FN6O4. The molecule has 11 heteroatoms. The van der Waals surface area contributed by atoms with Gasteiger partial charge in [-0.3, -0.25) is 24.4 Å². The number of amides is 1. The van der Waals surface area contributed by atoms with Gasteiger partial charge in [-0.1, -0.05) is 36.8 Å². The van der Waals surface area contributed by atoms with E-state index in [-0.39, 0.29) is 17.0 Å². The summed E-state index contributed by atoms with van der Waals surface area (Å²) in [4.78, 5) is 40.0. The van der Waals surface area contributed by atoms with E-state index in [0.29, 0.717) is 29.8 Å². The Morgan fingerprint density at radius 2 is 1.81 bits per heavy atom. The van der Waals surface area contributed by atoms with Crippen LogP contribution in [0.1, 0.15) is 115 Å². The number of imidazole rings is 1. The number of rotatable bonds is 12. The Labute approximate surface area is 341 Å². The molecule has 58 heavy (non-hydrogen) atoms. The van der Waals surface area contributed by atoms with Gasteiger partial charge in [-0.05, 0) is 131 Å². The van der Waals surface area contributed by atoms with Gasteiger partial charge in [0.05, 0.1) is 18.2 Å². The molecule has 2 N–H and O–H groups in total. The monoisotopic (exact) mass is 788 g/mol. The first-order valence-corrected chi connectivity index (χ1v) is 21.0. The maximum absolute atomic E-state index is 15.9. The van der Waals surface area contributed by atoms with Crippen molar-refractivity contribution >= 4 is 29.5 Å². The van der Waals surface area contributed by atoms with Crippen LogP contribution in [0.25, 0.3) is 23.0 Å². The Hall–Kier alpha value is -4.87. The molecular weight excluding hydrogens is 732 g/mol. The predicted octanol–water partition coefficient (Wildman–Crippen LogP) is 8.99. The van der Waals surface area contributed by atoms with Crippen molar-refractivity contribution in [2.24, 2.45) is 17.9 Å². The van der Waals surface area contributed by atoms with Crippen LogP contribution in [0.4, 0.5) is 10.1 Å². The van der Waals surface area contributed by atoms with Gasteiger partial charge in [-0.25, -0.2) is 9.37 Å².